The summed E-state index contributed by atoms with van der Waals surface area (Å²) in [6.45, 7) is 0.232. The summed E-state index contributed by atoms with van der Waals surface area (Å²) in [6.07, 6.45) is 0.360. The first-order valence-electron chi connectivity index (χ1n) is 7.88. The van der Waals surface area contributed by atoms with Gasteiger partial charge in [-0.3, -0.25) is 0 Å². The molecular weight excluding hydrogens is 451 g/mol. The number of rotatable bonds is 4. The Hall–Kier alpha value is -2.00. The van der Waals surface area contributed by atoms with Crippen LogP contribution in [-0.4, -0.2) is 29.8 Å². The predicted octanol–water partition coefficient (Wildman–Crippen LogP) is 4.82. The molecule has 1 fully saturated rings. The van der Waals surface area contributed by atoms with Crippen molar-refractivity contribution in [3.63, 3.8) is 0 Å². The fourth-order valence-electron chi connectivity index (χ4n) is 2.40. The number of nitrogens with one attached hydrogen (secondary N) is 1. The summed E-state index contributed by atoms with van der Waals surface area (Å²) in [4.78, 5) is 23.9. The molecule has 1 aliphatic heterocycles. The molecule has 28 heavy (non-hydrogen) atoms. The normalized spacial score (nSPS) is 15.9. The zero-order valence-electron chi connectivity index (χ0n) is 14.0. The molecule has 1 unspecified atom stereocenters. The van der Waals surface area contributed by atoms with Crippen molar-refractivity contribution in [3.8, 4) is 17.2 Å². The van der Waals surface area contributed by atoms with E-state index < -0.39 is 18.0 Å². The molecule has 148 valence electrons. The zero-order chi connectivity index (χ0) is 20.4. The Balaban J connectivity index is 1.84. The average Bonchev–Trinajstić information content (AvgIpc) is 3.03. The molecule has 3 rings (SSSR count). The summed E-state index contributed by atoms with van der Waals surface area (Å²) in [5.74, 6) is -0.580. The maximum Gasteiger partial charge on any atom is 0.332 e. The van der Waals surface area contributed by atoms with E-state index in [0.29, 0.717) is 11.4 Å². The van der Waals surface area contributed by atoms with Crippen molar-refractivity contribution in [1.29, 1.82) is 0 Å². The van der Waals surface area contributed by atoms with Crippen LogP contribution in [-0.2, 0) is 9.53 Å². The van der Waals surface area contributed by atoms with E-state index >= 15 is 0 Å². The van der Waals surface area contributed by atoms with Crippen molar-refractivity contribution >= 4 is 65.3 Å². The van der Waals surface area contributed by atoms with E-state index in [1.54, 1.807) is 6.07 Å². The lowest BCUT2D eigenvalue weighted by Crippen LogP contribution is -2.43. The fourth-order valence-corrected chi connectivity index (χ4v) is 3.37. The Kier molecular flexibility index (Phi) is 6.34. The number of nitrogens with zero attached hydrogens (tertiary/aromatic N) is 1. The third-order valence-electron chi connectivity index (χ3n) is 3.80. The van der Waals surface area contributed by atoms with Gasteiger partial charge in [0, 0.05) is 23.6 Å². The Morgan fingerprint density at radius 2 is 1.96 bits per heavy atom. The molecule has 1 aliphatic rings. The molecule has 0 aromatic heterocycles. The molecule has 2 aromatic rings. The monoisotopic (exact) mass is 462 g/mol. The maximum absolute atomic E-state index is 12.4. The number of anilines is 1. The largest absolute Gasteiger partial charge is 0.504 e. The minimum Gasteiger partial charge on any atom is -0.504 e. The molecule has 2 amide bonds. The Labute approximate surface area is 180 Å². The second-order valence-electron chi connectivity index (χ2n) is 5.72. The molecule has 0 saturated carbocycles. The van der Waals surface area contributed by atoms with Crippen LogP contribution in [0.1, 0.15) is 6.42 Å². The van der Waals surface area contributed by atoms with Crippen LogP contribution in [0.3, 0.4) is 0 Å². The first kappa shape index (κ1) is 20.7. The topological polar surface area (TPSA) is 88.1 Å². The number of benzene rings is 2. The zero-order valence-corrected chi connectivity index (χ0v) is 17.1. The molecule has 0 aliphatic carbocycles. The number of thiol groups is 1. The number of phenolic OH excluding ortho intramolecular Hbond substituents is 1. The van der Waals surface area contributed by atoms with E-state index in [4.69, 9.17) is 44.3 Å². The van der Waals surface area contributed by atoms with E-state index in [1.165, 1.54) is 24.3 Å². The van der Waals surface area contributed by atoms with E-state index in [0.717, 1.165) is 4.31 Å². The first-order valence-corrected chi connectivity index (χ1v) is 9.41. The van der Waals surface area contributed by atoms with Gasteiger partial charge in [-0.05, 0) is 18.2 Å². The SMILES string of the molecule is O=C1OCCC1NC(=O)N(S)c1cc(Oc2ccc(Cl)cc2Cl)c(O)cc1Cl. The second kappa shape index (κ2) is 8.57. The molecule has 11 heteroatoms. The predicted molar refractivity (Wildman–Crippen MR) is 109 cm³/mol. The van der Waals surface area contributed by atoms with E-state index in [-0.39, 0.29) is 39.6 Å². The molecule has 2 N–H and O–H groups in total. The van der Waals surface area contributed by atoms with Crippen molar-refractivity contribution < 1.29 is 24.2 Å². The van der Waals surface area contributed by atoms with Crippen molar-refractivity contribution in [2.75, 3.05) is 10.9 Å². The summed E-state index contributed by atoms with van der Waals surface area (Å²) in [7, 11) is 0. The summed E-state index contributed by atoms with van der Waals surface area (Å²) < 4.78 is 11.3. The quantitative estimate of drug-likeness (QED) is 0.447. The molecule has 1 saturated heterocycles. The van der Waals surface area contributed by atoms with Gasteiger partial charge < -0.3 is 19.9 Å². The number of hydrogen-bond acceptors (Lipinski definition) is 6. The van der Waals surface area contributed by atoms with Gasteiger partial charge in [0.05, 0.1) is 22.3 Å². The van der Waals surface area contributed by atoms with Gasteiger partial charge >= 0.3 is 12.0 Å². The minimum atomic E-state index is -0.762. The van der Waals surface area contributed by atoms with Gasteiger partial charge in [0.15, 0.2) is 11.5 Å². The van der Waals surface area contributed by atoms with Crippen LogP contribution in [0.2, 0.25) is 15.1 Å². The van der Waals surface area contributed by atoms with Crippen molar-refractivity contribution in [2.24, 2.45) is 0 Å². The summed E-state index contributed by atoms with van der Waals surface area (Å²) in [5, 5.41) is 13.3. The number of aromatic hydroxyl groups is 1. The van der Waals surface area contributed by atoms with Crippen LogP contribution in [0, 0.1) is 0 Å². The third kappa shape index (κ3) is 4.52. The van der Waals surface area contributed by atoms with Gasteiger partial charge in [0.25, 0.3) is 0 Å². The van der Waals surface area contributed by atoms with Crippen molar-refractivity contribution in [3.05, 3.63) is 45.4 Å². The summed E-state index contributed by atoms with van der Waals surface area (Å²) in [5.41, 5.74) is 0.117. The Morgan fingerprint density at radius 3 is 2.61 bits per heavy atom. The minimum absolute atomic E-state index is 0.0178. The highest BCUT2D eigenvalue weighted by Crippen LogP contribution is 2.41. The van der Waals surface area contributed by atoms with E-state index in [9.17, 15) is 14.7 Å². The van der Waals surface area contributed by atoms with Gasteiger partial charge in [-0.25, -0.2) is 13.9 Å². The first-order chi connectivity index (χ1) is 13.3. The Morgan fingerprint density at radius 1 is 1.21 bits per heavy atom. The lowest BCUT2D eigenvalue weighted by atomic mass is 10.2. The third-order valence-corrected chi connectivity index (χ3v) is 5.03. The summed E-state index contributed by atoms with van der Waals surface area (Å²) in [6, 6.07) is 5.60. The number of urea groups is 1. The van der Waals surface area contributed by atoms with Gasteiger partial charge in [-0.2, -0.15) is 0 Å². The number of halogens is 3. The summed E-state index contributed by atoms with van der Waals surface area (Å²) >= 11 is 22.2. The molecule has 1 atom stereocenters. The lowest BCUT2D eigenvalue weighted by molar-refractivity contribution is -0.139. The Bertz CT molecular complexity index is 943. The van der Waals surface area contributed by atoms with Crippen LogP contribution in [0.4, 0.5) is 10.5 Å². The van der Waals surface area contributed by atoms with Gasteiger partial charge in [-0.15, -0.1) is 0 Å². The number of hydrogen-bond donors (Lipinski definition) is 3. The maximum atomic E-state index is 12.4. The van der Waals surface area contributed by atoms with Crippen LogP contribution in [0.5, 0.6) is 17.2 Å². The molecule has 0 radical (unpaired) electrons. The number of ether oxygens (including phenoxy) is 2. The number of phenols is 1. The van der Waals surface area contributed by atoms with Crippen LogP contribution in [0.15, 0.2) is 30.3 Å². The number of esters is 1. The van der Waals surface area contributed by atoms with Crippen molar-refractivity contribution in [1.82, 2.24) is 5.32 Å². The molecular formula is C17H13Cl3N2O5S. The van der Waals surface area contributed by atoms with E-state index in [2.05, 4.69) is 18.1 Å². The highest BCUT2D eigenvalue weighted by Gasteiger charge is 2.30. The van der Waals surface area contributed by atoms with Crippen LogP contribution < -0.4 is 14.4 Å². The smallest absolute Gasteiger partial charge is 0.332 e. The molecule has 7 nitrogen and oxygen atoms in total. The standard InChI is InChI=1S/C17H13Cl3N2O5S/c18-8-1-2-14(10(20)5-8)27-15-7-12(9(19)6-13(15)23)22(28)17(25)21-11-3-4-26-16(11)24/h1-2,5-7,11,23,28H,3-4H2,(H,21,25). The number of carbonyl (C=O) groups excluding carboxylic acids is 2. The van der Waals surface area contributed by atoms with Crippen LogP contribution >= 0.6 is 47.6 Å². The van der Waals surface area contributed by atoms with Gasteiger partial charge in [0.1, 0.15) is 11.8 Å². The molecule has 0 bridgehead atoms. The second-order valence-corrected chi connectivity index (χ2v) is 7.37. The lowest BCUT2D eigenvalue weighted by Gasteiger charge is -2.20. The van der Waals surface area contributed by atoms with Gasteiger partial charge in [0.2, 0.25) is 0 Å². The fraction of sp³-hybridized carbons (Fsp3) is 0.176. The molecule has 2 aromatic carbocycles. The molecule has 0 spiro atoms. The number of cyclic esters (lactones) is 1. The van der Waals surface area contributed by atoms with Gasteiger partial charge in [-0.1, -0.05) is 47.6 Å². The average molecular weight is 464 g/mol. The van der Waals surface area contributed by atoms with Crippen molar-refractivity contribution in [2.45, 2.75) is 12.5 Å². The molecule has 1 heterocycles. The number of amides is 2. The van der Waals surface area contributed by atoms with E-state index in [1.807, 2.05) is 0 Å². The highest BCUT2D eigenvalue weighted by atomic mass is 35.5. The number of carbonyl (C=O) groups is 2. The highest BCUT2D eigenvalue weighted by molar-refractivity contribution is 7.82. The van der Waals surface area contributed by atoms with Crippen LogP contribution in [0.25, 0.3) is 0 Å².